The van der Waals surface area contributed by atoms with Crippen molar-refractivity contribution < 1.29 is 14.3 Å². The molecular formula is C23H18N4O3S. The van der Waals surface area contributed by atoms with E-state index in [0.717, 1.165) is 21.4 Å². The van der Waals surface area contributed by atoms with Gasteiger partial charge >= 0.3 is 0 Å². The number of fused-ring (bicyclic) bond motifs is 1. The largest absolute Gasteiger partial charge is 0.454 e. The van der Waals surface area contributed by atoms with Crippen molar-refractivity contribution in [2.24, 2.45) is 0 Å². The highest BCUT2D eigenvalue weighted by atomic mass is 32.1. The molecule has 0 spiro atoms. The third-order valence-electron chi connectivity index (χ3n) is 4.87. The number of hydrogen-bond acceptors (Lipinski definition) is 7. The molecule has 4 aromatic rings. The highest BCUT2D eigenvalue weighted by Gasteiger charge is 2.17. The quantitative estimate of drug-likeness (QED) is 0.483. The van der Waals surface area contributed by atoms with Gasteiger partial charge in [0, 0.05) is 29.5 Å². The monoisotopic (exact) mass is 430 g/mol. The van der Waals surface area contributed by atoms with Gasteiger partial charge in [-0.25, -0.2) is 0 Å². The van der Waals surface area contributed by atoms with E-state index in [1.807, 2.05) is 66.5 Å². The smallest absolute Gasteiger partial charge is 0.255 e. The number of nitrogens with zero attached hydrogens (tertiary/aromatic N) is 3. The standard InChI is InChI=1S/C23H18N4O3S/c1-27(18-5-3-2-4-6-18)23-26-25-22(31-23)15-7-10-17(11-8-15)24-21(28)16-9-12-19-20(13-16)30-14-29-19/h2-13H,14H2,1H3,(H,24,28). The third-order valence-corrected chi connectivity index (χ3v) is 5.92. The number of carbonyl (C=O) groups excluding carboxylic acids is 1. The minimum absolute atomic E-state index is 0.177. The van der Waals surface area contributed by atoms with E-state index in [0.29, 0.717) is 22.7 Å². The SMILES string of the molecule is CN(c1ccccc1)c1nnc(-c2ccc(NC(=O)c3ccc4c(c3)OCO4)cc2)s1. The average molecular weight is 430 g/mol. The normalized spacial score (nSPS) is 11.9. The van der Waals surface area contributed by atoms with E-state index in [1.165, 1.54) is 11.3 Å². The lowest BCUT2D eigenvalue weighted by Crippen LogP contribution is -2.11. The van der Waals surface area contributed by atoms with E-state index < -0.39 is 0 Å². The number of hydrogen-bond donors (Lipinski definition) is 1. The maximum absolute atomic E-state index is 12.5. The lowest BCUT2D eigenvalue weighted by molar-refractivity contribution is 0.102. The molecule has 1 aromatic heterocycles. The third kappa shape index (κ3) is 3.93. The number of para-hydroxylation sites is 1. The summed E-state index contributed by atoms with van der Waals surface area (Å²) >= 11 is 1.51. The van der Waals surface area contributed by atoms with Gasteiger partial charge in [-0.15, -0.1) is 10.2 Å². The molecule has 2 heterocycles. The van der Waals surface area contributed by atoms with Gasteiger partial charge in [0.15, 0.2) is 11.5 Å². The minimum atomic E-state index is -0.214. The molecule has 31 heavy (non-hydrogen) atoms. The van der Waals surface area contributed by atoms with Gasteiger partial charge in [0.25, 0.3) is 5.91 Å². The first-order valence-electron chi connectivity index (χ1n) is 9.61. The summed E-state index contributed by atoms with van der Waals surface area (Å²) in [4.78, 5) is 14.5. The van der Waals surface area contributed by atoms with Crippen LogP contribution in [0.15, 0.2) is 72.8 Å². The summed E-state index contributed by atoms with van der Waals surface area (Å²) < 4.78 is 10.6. The molecule has 3 aromatic carbocycles. The van der Waals surface area contributed by atoms with Gasteiger partial charge in [-0.3, -0.25) is 4.79 Å². The maximum Gasteiger partial charge on any atom is 0.255 e. The van der Waals surface area contributed by atoms with Crippen molar-refractivity contribution in [3.05, 3.63) is 78.4 Å². The average Bonchev–Trinajstić information content (AvgIpc) is 3.49. The Morgan fingerprint density at radius 3 is 2.55 bits per heavy atom. The van der Waals surface area contributed by atoms with Crippen molar-refractivity contribution in [2.45, 2.75) is 0 Å². The molecule has 0 saturated heterocycles. The van der Waals surface area contributed by atoms with Gasteiger partial charge in [-0.05, 0) is 54.6 Å². The van der Waals surface area contributed by atoms with Crippen molar-refractivity contribution >= 4 is 33.8 Å². The molecule has 8 heteroatoms. The zero-order valence-electron chi connectivity index (χ0n) is 16.6. The molecule has 0 radical (unpaired) electrons. The molecule has 0 bridgehead atoms. The van der Waals surface area contributed by atoms with Gasteiger partial charge in [0.1, 0.15) is 5.01 Å². The second-order valence-corrected chi connectivity index (χ2v) is 7.84. The van der Waals surface area contributed by atoms with E-state index in [1.54, 1.807) is 18.2 Å². The molecule has 5 rings (SSSR count). The fourth-order valence-electron chi connectivity index (χ4n) is 3.17. The first kappa shape index (κ1) is 19.1. The van der Waals surface area contributed by atoms with Crippen molar-refractivity contribution in [3.63, 3.8) is 0 Å². The van der Waals surface area contributed by atoms with E-state index in [9.17, 15) is 4.79 Å². The topological polar surface area (TPSA) is 76.6 Å². The van der Waals surface area contributed by atoms with Crippen molar-refractivity contribution in [2.75, 3.05) is 24.1 Å². The highest BCUT2D eigenvalue weighted by Crippen LogP contribution is 2.34. The maximum atomic E-state index is 12.5. The summed E-state index contributed by atoms with van der Waals surface area (Å²) in [6, 6.07) is 22.7. The second kappa shape index (κ2) is 8.08. The molecule has 1 N–H and O–H groups in total. The first-order chi connectivity index (χ1) is 15.2. The summed E-state index contributed by atoms with van der Waals surface area (Å²) in [5.74, 6) is 1.01. The fraction of sp³-hybridized carbons (Fsp3) is 0.0870. The lowest BCUT2D eigenvalue weighted by atomic mass is 10.1. The highest BCUT2D eigenvalue weighted by molar-refractivity contribution is 7.18. The molecule has 0 atom stereocenters. The number of carbonyl (C=O) groups is 1. The molecule has 154 valence electrons. The van der Waals surface area contributed by atoms with Crippen molar-refractivity contribution in [1.29, 1.82) is 0 Å². The molecule has 0 unspecified atom stereocenters. The Morgan fingerprint density at radius 1 is 0.968 bits per heavy atom. The molecule has 7 nitrogen and oxygen atoms in total. The number of rotatable bonds is 5. The Bertz CT molecular complexity index is 1230. The molecule has 0 aliphatic carbocycles. The number of ether oxygens (including phenoxy) is 2. The Hall–Kier alpha value is -3.91. The zero-order chi connectivity index (χ0) is 21.2. The van der Waals surface area contributed by atoms with Crippen LogP contribution in [0.5, 0.6) is 11.5 Å². The van der Waals surface area contributed by atoms with E-state index in [2.05, 4.69) is 15.5 Å². The van der Waals surface area contributed by atoms with Crippen LogP contribution in [-0.4, -0.2) is 29.9 Å². The number of amides is 1. The summed E-state index contributed by atoms with van der Waals surface area (Å²) in [5, 5.41) is 13.1. The van der Waals surface area contributed by atoms with E-state index in [4.69, 9.17) is 9.47 Å². The number of nitrogens with one attached hydrogen (secondary N) is 1. The van der Waals surface area contributed by atoms with Crippen LogP contribution in [-0.2, 0) is 0 Å². The molecule has 1 aliphatic rings. The summed E-state index contributed by atoms with van der Waals surface area (Å²) in [7, 11) is 1.97. The molecule has 0 saturated carbocycles. The van der Waals surface area contributed by atoms with Crippen LogP contribution in [0.4, 0.5) is 16.5 Å². The summed E-state index contributed by atoms with van der Waals surface area (Å²) in [5.41, 5.74) is 3.18. The predicted octanol–water partition coefficient (Wildman–Crippen LogP) is 4.95. The van der Waals surface area contributed by atoms with Crippen LogP contribution in [0.25, 0.3) is 10.6 Å². The van der Waals surface area contributed by atoms with Gasteiger partial charge < -0.3 is 19.7 Å². The van der Waals surface area contributed by atoms with E-state index >= 15 is 0 Å². The van der Waals surface area contributed by atoms with Crippen LogP contribution in [0.2, 0.25) is 0 Å². The number of anilines is 3. The second-order valence-electron chi connectivity index (χ2n) is 6.88. The van der Waals surface area contributed by atoms with Crippen LogP contribution in [0.1, 0.15) is 10.4 Å². The summed E-state index contributed by atoms with van der Waals surface area (Å²) in [6.45, 7) is 0.177. The van der Waals surface area contributed by atoms with Gasteiger partial charge in [-0.1, -0.05) is 29.5 Å². The van der Waals surface area contributed by atoms with Crippen molar-refractivity contribution in [3.8, 4) is 22.1 Å². The van der Waals surface area contributed by atoms with Crippen LogP contribution >= 0.6 is 11.3 Å². The predicted molar refractivity (Wildman–Crippen MR) is 120 cm³/mol. The van der Waals surface area contributed by atoms with Gasteiger partial charge in [-0.2, -0.15) is 0 Å². The Morgan fingerprint density at radius 2 is 1.74 bits per heavy atom. The minimum Gasteiger partial charge on any atom is -0.454 e. The van der Waals surface area contributed by atoms with Gasteiger partial charge in [0.2, 0.25) is 11.9 Å². The van der Waals surface area contributed by atoms with Crippen LogP contribution < -0.4 is 19.7 Å². The van der Waals surface area contributed by atoms with Gasteiger partial charge in [0.05, 0.1) is 0 Å². The molecule has 1 amide bonds. The van der Waals surface area contributed by atoms with Crippen LogP contribution in [0, 0.1) is 0 Å². The molecule has 0 fully saturated rings. The first-order valence-corrected chi connectivity index (χ1v) is 10.4. The zero-order valence-corrected chi connectivity index (χ0v) is 17.4. The Labute approximate surface area is 182 Å². The molecular weight excluding hydrogens is 412 g/mol. The molecule has 1 aliphatic heterocycles. The van der Waals surface area contributed by atoms with E-state index in [-0.39, 0.29) is 12.7 Å². The fourth-order valence-corrected chi connectivity index (χ4v) is 4.00. The Balaban J connectivity index is 1.28. The number of aromatic nitrogens is 2. The number of benzene rings is 3. The van der Waals surface area contributed by atoms with Crippen LogP contribution in [0.3, 0.4) is 0 Å². The Kier molecular flexibility index (Phi) is 4.97. The summed E-state index contributed by atoms with van der Waals surface area (Å²) in [6.07, 6.45) is 0. The lowest BCUT2D eigenvalue weighted by Gasteiger charge is -2.14. The van der Waals surface area contributed by atoms with Crippen molar-refractivity contribution in [1.82, 2.24) is 10.2 Å².